The lowest BCUT2D eigenvalue weighted by Gasteiger charge is -2.22. The number of rotatable bonds is 3. The molecule has 1 nitrogen and oxygen atoms in total. The average Bonchev–Trinajstić information content (AvgIpc) is 3.70. The highest BCUT2D eigenvalue weighted by Crippen LogP contribution is 2.51. The summed E-state index contributed by atoms with van der Waals surface area (Å²) in [5, 5.41) is 12.2. The summed E-state index contributed by atoms with van der Waals surface area (Å²) in [6.07, 6.45) is 0. The van der Waals surface area contributed by atoms with E-state index in [0.717, 1.165) is 21.9 Å². The Bertz CT molecular complexity index is 3370. The third kappa shape index (κ3) is 4.49. The highest BCUT2D eigenvalue weighted by atomic mass is 16.3. The Morgan fingerprint density at radius 2 is 0.804 bits per heavy atom. The normalized spacial score (nSPS) is 13.3. The molecule has 0 saturated heterocycles. The lowest BCUT2D eigenvalue weighted by atomic mass is 9.81. The van der Waals surface area contributed by atoms with Crippen LogP contribution in [-0.2, 0) is 5.41 Å². The molecular formula is C55H36O. The molecule has 0 aliphatic heterocycles. The van der Waals surface area contributed by atoms with Crippen molar-refractivity contribution in [3.8, 4) is 44.5 Å². The predicted molar refractivity (Wildman–Crippen MR) is 238 cm³/mol. The van der Waals surface area contributed by atoms with E-state index in [1.54, 1.807) is 0 Å². The molecule has 1 aliphatic rings. The molecule has 0 atom stereocenters. The van der Waals surface area contributed by atoms with Gasteiger partial charge in [-0.15, -0.1) is 0 Å². The molecule has 12 rings (SSSR count). The number of hydrogen-bond donors (Lipinski definition) is 0. The van der Waals surface area contributed by atoms with Crippen LogP contribution < -0.4 is 0 Å². The van der Waals surface area contributed by atoms with Crippen LogP contribution in [0.25, 0.3) is 110 Å². The monoisotopic (exact) mass is 712 g/mol. The van der Waals surface area contributed by atoms with Gasteiger partial charge in [-0.1, -0.05) is 159 Å². The topological polar surface area (TPSA) is 13.1 Å². The molecule has 11 aromatic rings. The van der Waals surface area contributed by atoms with E-state index in [-0.39, 0.29) is 5.41 Å². The van der Waals surface area contributed by atoms with Crippen molar-refractivity contribution < 1.29 is 4.42 Å². The van der Waals surface area contributed by atoms with Crippen molar-refractivity contribution in [1.29, 1.82) is 0 Å². The molecule has 0 radical (unpaired) electrons. The Morgan fingerprint density at radius 3 is 1.48 bits per heavy atom. The molecule has 1 heterocycles. The SMILES string of the molecule is CC1(C)c2ccccc2-c2cc(-c3c4ccccc4c(-c4ccc(-c5ccc6cc7c(cc6c5)oc5cc6ccccc6cc57)cc4)c4ccccc34)ccc21. The quantitative estimate of drug-likeness (QED) is 0.166. The average molecular weight is 713 g/mol. The zero-order valence-corrected chi connectivity index (χ0v) is 31.2. The third-order valence-electron chi connectivity index (χ3n) is 12.6. The van der Waals surface area contributed by atoms with Crippen LogP contribution in [0, 0.1) is 0 Å². The summed E-state index contributed by atoms with van der Waals surface area (Å²) in [5.41, 5.74) is 14.8. The second kappa shape index (κ2) is 11.5. The number of benzene rings is 10. The lowest BCUT2D eigenvalue weighted by Crippen LogP contribution is -2.14. The number of hydrogen-bond acceptors (Lipinski definition) is 1. The second-order valence-electron chi connectivity index (χ2n) is 16.1. The van der Waals surface area contributed by atoms with Gasteiger partial charge in [-0.05, 0) is 135 Å². The first-order valence-electron chi connectivity index (χ1n) is 19.6. The summed E-state index contributed by atoms with van der Waals surface area (Å²) >= 11 is 0. The van der Waals surface area contributed by atoms with Gasteiger partial charge in [0.25, 0.3) is 0 Å². The van der Waals surface area contributed by atoms with Gasteiger partial charge in [0.05, 0.1) is 0 Å². The summed E-state index contributed by atoms with van der Waals surface area (Å²) in [6, 6.07) is 67.3. The van der Waals surface area contributed by atoms with Crippen molar-refractivity contribution in [2.24, 2.45) is 0 Å². The predicted octanol–water partition coefficient (Wildman–Crippen LogP) is 15.5. The zero-order valence-electron chi connectivity index (χ0n) is 31.2. The van der Waals surface area contributed by atoms with E-state index in [9.17, 15) is 0 Å². The molecule has 262 valence electrons. The summed E-state index contributed by atoms with van der Waals surface area (Å²) in [5.74, 6) is 0. The Balaban J connectivity index is 0.969. The van der Waals surface area contributed by atoms with E-state index in [1.165, 1.54) is 98.7 Å². The van der Waals surface area contributed by atoms with Gasteiger partial charge in [-0.25, -0.2) is 0 Å². The lowest BCUT2D eigenvalue weighted by molar-refractivity contribution is 0.660. The number of furan rings is 1. The van der Waals surface area contributed by atoms with E-state index < -0.39 is 0 Å². The smallest absolute Gasteiger partial charge is 0.136 e. The van der Waals surface area contributed by atoms with Crippen LogP contribution in [0.3, 0.4) is 0 Å². The second-order valence-corrected chi connectivity index (χ2v) is 16.1. The van der Waals surface area contributed by atoms with Crippen LogP contribution in [0.15, 0.2) is 186 Å². The van der Waals surface area contributed by atoms with Crippen LogP contribution in [-0.4, -0.2) is 0 Å². The summed E-state index contributed by atoms with van der Waals surface area (Å²) in [4.78, 5) is 0. The molecule has 0 fully saturated rings. The highest BCUT2D eigenvalue weighted by Gasteiger charge is 2.35. The summed E-state index contributed by atoms with van der Waals surface area (Å²) < 4.78 is 6.43. The number of fused-ring (bicyclic) bond motifs is 10. The van der Waals surface area contributed by atoms with Crippen LogP contribution in [0.1, 0.15) is 25.0 Å². The molecule has 0 saturated carbocycles. The van der Waals surface area contributed by atoms with E-state index in [4.69, 9.17) is 4.42 Å². The highest BCUT2D eigenvalue weighted by molar-refractivity contribution is 6.21. The van der Waals surface area contributed by atoms with E-state index in [1.807, 2.05) is 0 Å². The fourth-order valence-corrected chi connectivity index (χ4v) is 9.84. The van der Waals surface area contributed by atoms with Crippen molar-refractivity contribution in [3.63, 3.8) is 0 Å². The van der Waals surface area contributed by atoms with Gasteiger partial charge < -0.3 is 4.42 Å². The summed E-state index contributed by atoms with van der Waals surface area (Å²) in [7, 11) is 0. The minimum absolute atomic E-state index is 0.0194. The molecule has 10 aromatic carbocycles. The maximum atomic E-state index is 6.43. The molecule has 56 heavy (non-hydrogen) atoms. The van der Waals surface area contributed by atoms with Crippen LogP contribution >= 0.6 is 0 Å². The molecule has 0 spiro atoms. The van der Waals surface area contributed by atoms with E-state index in [2.05, 4.69) is 196 Å². The van der Waals surface area contributed by atoms with E-state index >= 15 is 0 Å². The first-order valence-corrected chi connectivity index (χ1v) is 19.6. The van der Waals surface area contributed by atoms with Crippen molar-refractivity contribution in [2.75, 3.05) is 0 Å². The Hall–Kier alpha value is -6.96. The van der Waals surface area contributed by atoms with Gasteiger partial charge in [0.15, 0.2) is 0 Å². The molecular weight excluding hydrogens is 677 g/mol. The Kier molecular flexibility index (Phi) is 6.46. The molecule has 0 amide bonds. The van der Waals surface area contributed by atoms with Crippen molar-refractivity contribution in [1.82, 2.24) is 0 Å². The first-order chi connectivity index (χ1) is 27.5. The molecule has 1 heteroatoms. The molecule has 1 aliphatic carbocycles. The van der Waals surface area contributed by atoms with Crippen LogP contribution in [0.5, 0.6) is 0 Å². The molecule has 0 bridgehead atoms. The summed E-state index contributed by atoms with van der Waals surface area (Å²) in [6.45, 7) is 4.70. The fraction of sp³-hybridized carbons (Fsp3) is 0.0545. The van der Waals surface area contributed by atoms with Crippen molar-refractivity contribution >= 4 is 65.0 Å². The molecule has 0 unspecified atom stereocenters. The van der Waals surface area contributed by atoms with Crippen LogP contribution in [0.4, 0.5) is 0 Å². The van der Waals surface area contributed by atoms with Crippen molar-refractivity contribution in [3.05, 3.63) is 193 Å². The zero-order chi connectivity index (χ0) is 37.1. The van der Waals surface area contributed by atoms with Gasteiger partial charge in [0, 0.05) is 16.2 Å². The van der Waals surface area contributed by atoms with Gasteiger partial charge in [-0.3, -0.25) is 0 Å². The standard InChI is InChI=1S/C55H36O/c1-55(2)49-18-10-9-13-41(49)46-30-39(25-26-50(46)55)54-44-16-7-5-14-42(44)53(43-15-6-8-17-45(43)54)34-21-19-33(20-22-34)37-23-24-38-29-48-47-28-35-11-3-4-12-36(35)31-51(47)56-52(48)32-40(38)27-37/h3-32H,1-2H3. The Morgan fingerprint density at radius 1 is 0.321 bits per heavy atom. The Labute approximate surface area is 325 Å². The van der Waals surface area contributed by atoms with Gasteiger partial charge in [0.1, 0.15) is 11.2 Å². The van der Waals surface area contributed by atoms with Crippen LogP contribution in [0.2, 0.25) is 0 Å². The maximum absolute atomic E-state index is 6.43. The largest absolute Gasteiger partial charge is 0.456 e. The van der Waals surface area contributed by atoms with E-state index in [0.29, 0.717) is 0 Å². The third-order valence-corrected chi connectivity index (χ3v) is 12.6. The van der Waals surface area contributed by atoms with Gasteiger partial charge in [-0.2, -0.15) is 0 Å². The minimum Gasteiger partial charge on any atom is -0.456 e. The minimum atomic E-state index is -0.0194. The van der Waals surface area contributed by atoms with Gasteiger partial charge in [0.2, 0.25) is 0 Å². The fourth-order valence-electron chi connectivity index (χ4n) is 9.84. The van der Waals surface area contributed by atoms with Gasteiger partial charge >= 0.3 is 0 Å². The maximum Gasteiger partial charge on any atom is 0.136 e. The molecule has 1 aromatic heterocycles. The van der Waals surface area contributed by atoms with Crippen molar-refractivity contribution in [2.45, 2.75) is 19.3 Å². The molecule has 0 N–H and O–H groups in total. The first kappa shape index (κ1) is 31.4.